The van der Waals surface area contributed by atoms with Gasteiger partial charge in [0.05, 0.1) is 5.01 Å². The first-order valence-corrected chi connectivity index (χ1v) is 7.32. The van der Waals surface area contributed by atoms with Crippen molar-refractivity contribution in [2.24, 2.45) is 0 Å². The number of nitrogens with zero attached hydrogens (tertiary/aromatic N) is 1. The standard InChI is InChI=1S/C14H15ClN2S/c1-10-7-18-13(17-10)6-14(8-16-9-14)11-3-2-4-12(15)5-11/h2-5,7,16H,6,8-9H2,1H3. The third-order valence-corrected chi connectivity index (χ3v) is 4.72. The van der Waals surface area contributed by atoms with Gasteiger partial charge in [-0.15, -0.1) is 11.3 Å². The fraction of sp³-hybridized carbons (Fsp3) is 0.357. The second-order valence-corrected chi connectivity index (χ2v) is 6.33. The van der Waals surface area contributed by atoms with Crippen molar-refractivity contribution in [1.29, 1.82) is 0 Å². The minimum Gasteiger partial charge on any atom is -0.315 e. The lowest BCUT2D eigenvalue weighted by atomic mass is 9.73. The van der Waals surface area contributed by atoms with Gasteiger partial charge in [0.2, 0.25) is 0 Å². The number of thiazole rings is 1. The van der Waals surface area contributed by atoms with Gasteiger partial charge in [-0.2, -0.15) is 0 Å². The van der Waals surface area contributed by atoms with Gasteiger partial charge in [-0.3, -0.25) is 0 Å². The molecule has 2 nitrogen and oxygen atoms in total. The highest BCUT2D eigenvalue weighted by atomic mass is 35.5. The average molecular weight is 279 g/mol. The number of halogens is 1. The van der Waals surface area contributed by atoms with Gasteiger partial charge in [0.1, 0.15) is 0 Å². The van der Waals surface area contributed by atoms with Crippen LogP contribution in [0, 0.1) is 6.92 Å². The summed E-state index contributed by atoms with van der Waals surface area (Å²) in [4.78, 5) is 4.58. The van der Waals surface area contributed by atoms with Crippen molar-refractivity contribution in [2.45, 2.75) is 18.8 Å². The highest BCUT2D eigenvalue weighted by Crippen LogP contribution is 2.34. The molecule has 1 aliphatic rings. The highest BCUT2D eigenvalue weighted by Gasteiger charge is 2.39. The first kappa shape index (κ1) is 12.2. The zero-order valence-electron chi connectivity index (χ0n) is 10.2. The molecule has 1 saturated heterocycles. The summed E-state index contributed by atoms with van der Waals surface area (Å²) in [6.45, 7) is 4.06. The molecule has 0 bridgehead atoms. The van der Waals surface area contributed by atoms with Crippen molar-refractivity contribution in [2.75, 3.05) is 13.1 Å². The Bertz CT molecular complexity index is 560. The van der Waals surface area contributed by atoms with Crippen molar-refractivity contribution >= 4 is 22.9 Å². The number of rotatable bonds is 3. The molecule has 0 radical (unpaired) electrons. The van der Waals surface area contributed by atoms with Gasteiger partial charge in [-0.05, 0) is 24.6 Å². The molecule has 0 atom stereocenters. The monoisotopic (exact) mass is 278 g/mol. The first-order chi connectivity index (χ1) is 8.68. The number of aryl methyl sites for hydroxylation is 1. The summed E-state index contributed by atoms with van der Waals surface area (Å²) in [5.74, 6) is 0. The van der Waals surface area contributed by atoms with E-state index in [4.69, 9.17) is 11.6 Å². The maximum absolute atomic E-state index is 6.11. The lowest BCUT2D eigenvalue weighted by Gasteiger charge is -2.43. The van der Waals surface area contributed by atoms with E-state index >= 15 is 0 Å². The Hall–Kier alpha value is -0.900. The molecular formula is C14H15ClN2S. The molecule has 2 aromatic rings. The molecule has 1 aliphatic heterocycles. The third-order valence-electron chi connectivity index (χ3n) is 3.52. The smallest absolute Gasteiger partial charge is 0.0938 e. The molecule has 0 unspecified atom stereocenters. The lowest BCUT2D eigenvalue weighted by molar-refractivity contribution is 0.274. The van der Waals surface area contributed by atoms with E-state index in [2.05, 4.69) is 27.8 Å². The summed E-state index contributed by atoms with van der Waals surface area (Å²) in [5.41, 5.74) is 2.61. The minimum atomic E-state index is 0.176. The summed E-state index contributed by atoms with van der Waals surface area (Å²) in [7, 11) is 0. The SMILES string of the molecule is Cc1csc(CC2(c3cccc(Cl)c3)CNC2)n1. The summed E-state index contributed by atoms with van der Waals surface area (Å²) < 4.78 is 0. The van der Waals surface area contributed by atoms with E-state index in [1.54, 1.807) is 11.3 Å². The molecule has 2 heterocycles. The van der Waals surface area contributed by atoms with Crippen LogP contribution in [-0.4, -0.2) is 18.1 Å². The molecule has 1 aromatic carbocycles. The lowest BCUT2D eigenvalue weighted by Crippen LogP contribution is -2.58. The number of hydrogen-bond donors (Lipinski definition) is 1. The quantitative estimate of drug-likeness (QED) is 0.933. The van der Waals surface area contributed by atoms with E-state index in [0.29, 0.717) is 0 Å². The van der Waals surface area contributed by atoms with Crippen LogP contribution < -0.4 is 5.32 Å². The van der Waals surface area contributed by atoms with Crippen LogP contribution in [0.5, 0.6) is 0 Å². The molecule has 1 fully saturated rings. The highest BCUT2D eigenvalue weighted by molar-refractivity contribution is 7.09. The molecule has 1 N–H and O–H groups in total. The van der Waals surface area contributed by atoms with Gasteiger partial charge < -0.3 is 5.32 Å². The van der Waals surface area contributed by atoms with Crippen LogP contribution in [0.15, 0.2) is 29.6 Å². The van der Waals surface area contributed by atoms with Gasteiger partial charge >= 0.3 is 0 Å². The molecule has 0 saturated carbocycles. The van der Waals surface area contributed by atoms with Crippen LogP contribution in [0.4, 0.5) is 0 Å². The van der Waals surface area contributed by atoms with Gasteiger partial charge in [0, 0.05) is 41.0 Å². The van der Waals surface area contributed by atoms with Gasteiger partial charge in [-0.1, -0.05) is 23.7 Å². The number of nitrogens with one attached hydrogen (secondary N) is 1. The summed E-state index contributed by atoms with van der Waals surface area (Å²) in [5, 5.41) is 7.53. The van der Waals surface area contributed by atoms with Crippen LogP contribution in [-0.2, 0) is 11.8 Å². The first-order valence-electron chi connectivity index (χ1n) is 6.06. The van der Waals surface area contributed by atoms with Crippen LogP contribution in [0.1, 0.15) is 16.3 Å². The maximum atomic E-state index is 6.11. The summed E-state index contributed by atoms with van der Waals surface area (Å²) >= 11 is 7.86. The van der Waals surface area contributed by atoms with E-state index in [9.17, 15) is 0 Å². The van der Waals surface area contributed by atoms with Crippen LogP contribution in [0.3, 0.4) is 0 Å². The van der Waals surface area contributed by atoms with E-state index in [0.717, 1.165) is 30.2 Å². The number of aromatic nitrogens is 1. The molecule has 94 valence electrons. The average Bonchev–Trinajstić information content (AvgIpc) is 2.69. The van der Waals surface area contributed by atoms with Crippen molar-refractivity contribution in [3.05, 3.63) is 50.9 Å². The predicted molar refractivity (Wildman–Crippen MR) is 76.6 cm³/mol. The molecule has 0 amide bonds. The zero-order valence-corrected chi connectivity index (χ0v) is 11.8. The second kappa shape index (κ2) is 4.65. The largest absolute Gasteiger partial charge is 0.315 e. The Kier molecular flexibility index (Phi) is 3.14. The van der Waals surface area contributed by atoms with Gasteiger partial charge in [0.25, 0.3) is 0 Å². The van der Waals surface area contributed by atoms with Gasteiger partial charge in [-0.25, -0.2) is 4.98 Å². The summed E-state index contributed by atoms with van der Waals surface area (Å²) in [6, 6.07) is 8.22. The Morgan fingerprint density at radius 1 is 1.44 bits per heavy atom. The Morgan fingerprint density at radius 2 is 2.28 bits per heavy atom. The van der Waals surface area contributed by atoms with Crippen molar-refractivity contribution in [3.8, 4) is 0 Å². The van der Waals surface area contributed by atoms with Crippen LogP contribution >= 0.6 is 22.9 Å². The fourth-order valence-electron chi connectivity index (χ4n) is 2.45. The van der Waals surface area contributed by atoms with Crippen molar-refractivity contribution in [1.82, 2.24) is 10.3 Å². The van der Waals surface area contributed by atoms with E-state index in [1.807, 2.05) is 19.1 Å². The maximum Gasteiger partial charge on any atom is 0.0938 e. The normalized spacial score (nSPS) is 17.4. The minimum absolute atomic E-state index is 0.176. The Labute approximate surface area is 116 Å². The van der Waals surface area contributed by atoms with Crippen LogP contribution in [0.2, 0.25) is 5.02 Å². The molecule has 0 aliphatic carbocycles. The molecular weight excluding hydrogens is 264 g/mol. The van der Waals surface area contributed by atoms with Crippen molar-refractivity contribution < 1.29 is 0 Å². The predicted octanol–water partition coefficient (Wildman–Crippen LogP) is 3.19. The van der Waals surface area contributed by atoms with E-state index in [1.165, 1.54) is 10.6 Å². The topological polar surface area (TPSA) is 24.9 Å². The molecule has 3 rings (SSSR count). The van der Waals surface area contributed by atoms with E-state index in [-0.39, 0.29) is 5.41 Å². The van der Waals surface area contributed by atoms with Gasteiger partial charge in [0.15, 0.2) is 0 Å². The molecule has 4 heteroatoms. The molecule has 18 heavy (non-hydrogen) atoms. The Balaban J connectivity index is 1.90. The fourth-order valence-corrected chi connectivity index (χ4v) is 3.56. The number of hydrogen-bond acceptors (Lipinski definition) is 3. The zero-order chi connectivity index (χ0) is 12.6. The summed E-state index contributed by atoms with van der Waals surface area (Å²) in [6.07, 6.45) is 0.999. The molecule has 1 aromatic heterocycles. The van der Waals surface area contributed by atoms with Crippen LogP contribution in [0.25, 0.3) is 0 Å². The Morgan fingerprint density at radius 3 is 2.83 bits per heavy atom. The molecule has 0 spiro atoms. The van der Waals surface area contributed by atoms with E-state index < -0.39 is 0 Å². The second-order valence-electron chi connectivity index (χ2n) is 4.95. The number of benzene rings is 1. The third kappa shape index (κ3) is 2.18. The van der Waals surface area contributed by atoms with Crippen molar-refractivity contribution in [3.63, 3.8) is 0 Å².